The van der Waals surface area contributed by atoms with Crippen molar-refractivity contribution in [1.82, 2.24) is 9.78 Å². The number of aryl methyl sites for hydroxylation is 2. The number of hydrogen-bond acceptors (Lipinski definition) is 4. The van der Waals surface area contributed by atoms with Crippen molar-refractivity contribution in [1.29, 1.82) is 0 Å². The van der Waals surface area contributed by atoms with Gasteiger partial charge in [0.25, 0.3) is 5.91 Å². The number of aromatic nitrogens is 2. The van der Waals surface area contributed by atoms with Gasteiger partial charge in [0.15, 0.2) is 6.10 Å². The monoisotopic (exact) mass is 345 g/mol. The molecule has 1 aromatic heterocycles. The van der Waals surface area contributed by atoms with E-state index in [-0.39, 0.29) is 5.56 Å². The van der Waals surface area contributed by atoms with Crippen molar-refractivity contribution in [3.63, 3.8) is 0 Å². The van der Waals surface area contributed by atoms with Gasteiger partial charge in [0, 0.05) is 18.7 Å². The minimum atomic E-state index is -1.00. The maximum absolute atomic E-state index is 13.5. The minimum Gasteiger partial charge on any atom is -0.449 e. The van der Waals surface area contributed by atoms with E-state index in [0.29, 0.717) is 11.4 Å². The highest BCUT2D eigenvalue weighted by Gasteiger charge is 2.20. The Kier molecular flexibility index (Phi) is 5.69. The molecule has 1 atom stereocenters. The van der Waals surface area contributed by atoms with Crippen molar-refractivity contribution in [2.75, 3.05) is 5.32 Å². The first-order valence-electron chi connectivity index (χ1n) is 7.74. The maximum atomic E-state index is 13.5. The van der Waals surface area contributed by atoms with Crippen LogP contribution >= 0.6 is 0 Å². The third-order valence-corrected chi connectivity index (χ3v) is 3.72. The van der Waals surface area contributed by atoms with E-state index in [0.717, 1.165) is 11.8 Å². The van der Waals surface area contributed by atoms with Crippen molar-refractivity contribution in [3.8, 4) is 0 Å². The molecular formula is C18H20FN3O3. The first kappa shape index (κ1) is 18.4. The molecule has 0 fully saturated rings. The predicted molar refractivity (Wildman–Crippen MR) is 92.3 cm³/mol. The summed E-state index contributed by atoms with van der Waals surface area (Å²) in [6, 6.07) is 6.03. The van der Waals surface area contributed by atoms with Gasteiger partial charge in [-0.1, -0.05) is 18.2 Å². The Morgan fingerprint density at radius 1 is 1.32 bits per heavy atom. The summed E-state index contributed by atoms with van der Waals surface area (Å²) in [5.74, 6) is -1.64. The summed E-state index contributed by atoms with van der Waals surface area (Å²) < 4.78 is 20.2. The maximum Gasteiger partial charge on any atom is 0.331 e. The van der Waals surface area contributed by atoms with E-state index >= 15 is 0 Å². The van der Waals surface area contributed by atoms with E-state index in [4.69, 9.17) is 4.74 Å². The summed E-state index contributed by atoms with van der Waals surface area (Å²) in [6.45, 7) is 5.06. The first-order chi connectivity index (χ1) is 11.8. The van der Waals surface area contributed by atoms with Gasteiger partial charge in [-0.15, -0.1) is 0 Å². The second kappa shape index (κ2) is 7.74. The van der Waals surface area contributed by atoms with Gasteiger partial charge in [0.05, 0.1) is 17.1 Å². The number of nitrogens with zero attached hydrogens (tertiary/aromatic N) is 2. The quantitative estimate of drug-likeness (QED) is 0.668. The van der Waals surface area contributed by atoms with Crippen molar-refractivity contribution in [2.45, 2.75) is 26.9 Å². The van der Waals surface area contributed by atoms with Crippen LogP contribution in [-0.4, -0.2) is 27.8 Å². The topological polar surface area (TPSA) is 73.2 Å². The van der Waals surface area contributed by atoms with Gasteiger partial charge in [0.2, 0.25) is 0 Å². The molecule has 2 aromatic rings. The molecule has 7 heteroatoms. The lowest BCUT2D eigenvalue weighted by Gasteiger charge is -2.12. The van der Waals surface area contributed by atoms with Crippen LogP contribution in [0, 0.1) is 19.7 Å². The third kappa shape index (κ3) is 4.53. The van der Waals surface area contributed by atoms with Crippen LogP contribution in [0.5, 0.6) is 0 Å². The van der Waals surface area contributed by atoms with Crippen LogP contribution in [0.2, 0.25) is 0 Å². The molecule has 0 spiro atoms. The summed E-state index contributed by atoms with van der Waals surface area (Å²) in [7, 11) is 1.77. The van der Waals surface area contributed by atoms with E-state index in [1.54, 1.807) is 30.8 Å². The summed E-state index contributed by atoms with van der Waals surface area (Å²) >= 11 is 0. The Bertz CT molecular complexity index is 827. The Morgan fingerprint density at radius 2 is 2.00 bits per heavy atom. The SMILES string of the molecule is Cc1nn(C)c(C)c1NC(=O)[C@H](C)OC(=O)/C=C/c1ccccc1F. The van der Waals surface area contributed by atoms with E-state index < -0.39 is 23.8 Å². The molecular weight excluding hydrogens is 325 g/mol. The Balaban J connectivity index is 1.96. The van der Waals surface area contributed by atoms with Gasteiger partial charge in [-0.2, -0.15) is 5.10 Å². The second-order valence-corrected chi connectivity index (χ2v) is 5.59. The lowest BCUT2D eigenvalue weighted by molar-refractivity contribution is -0.148. The number of ether oxygens (including phenoxy) is 1. The van der Waals surface area contributed by atoms with E-state index in [2.05, 4.69) is 10.4 Å². The molecule has 2 rings (SSSR count). The molecule has 0 aliphatic rings. The lowest BCUT2D eigenvalue weighted by atomic mass is 10.2. The molecule has 1 N–H and O–H groups in total. The molecule has 0 aliphatic heterocycles. The highest BCUT2D eigenvalue weighted by molar-refractivity contribution is 5.97. The number of carbonyl (C=O) groups excluding carboxylic acids is 2. The van der Waals surface area contributed by atoms with Gasteiger partial charge in [-0.25, -0.2) is 9.18 Å². The highest BCUT2D eigenvalue weighted by Crippen LogP contribution is 2.18. The van der Waals surface area contributed by atoms with Gasteiger partial charge in [0.1, 0.15) is 5.82 Å². The Hall–Kier alpha value is -2.96. The molecule has 0 saturated carbocycles. The largest absolute Gasteiger partial charge is 0.449 e. The number of anilines is 1. The number of hydrogen-bond donors (Lipinski definition) is 1. The number of halogens is 1. The molecule has 25 heavy (non-hydrogen) atoms. The fourth-order valence-corrected chi connectivity index (χ4v) is 2.21. The van der Waals surface area contributed by atoms with Gasteiger partial charge in [-0.3, -0.25) is 9.48 Å². The lowest BCUT2D eigenvalue weighted by Crippen LogP contribution is -2.29. The van der Waals surface area contributed by atoms with Crippen LogP contribution in [-0.2, 0) is 21.4 Å². The fraction of sp³-hybridized carbons (Fsp3) is 0.278. The van der Waals surface area contributed by atoms with Crippen LogP contribution < -0.4 is 5.32 Å². The van der Waals surface area contributed by atoms with Crippen molar-refractivity contribution in [2.24, 2.45) is 7.05 Å². The summed E-state index contributed by atoms with van der Waals surface area (Å²) in [5, 5.41) is 6.91. The van der Waals surface area contributed by atoms with Crippen molar-refractivity contribution < 1.29 is 18.7 Å². The third-order valence-electron chi connectivity index (χ3n) is 3.72. The van der Waals surface area contributed by atoms with Crippen LogP contribution in [0.4, 0.5) is 10.1 Å². The predicted octanol–water partition coefficient (Wildman–Crippen LogP) is 2.76. The normalized spacial score (nSPS) is 12.2. The minimum absolute atomic E-state index is 0.262. The second-order valence-electron chi connectivity index (χ2n) is 5.59. The van der Waals surface area contributed by atoms with Crippen LogP contribution in [0.1, 0.15) is 23.9 Å². The molecule has 0 radical (unpaired) electrons. The van der Waals surface area contributed by atoms with Crippen molar-refractivity contribution >= 4 is 23.6 Å². The number of amides is 1. The average Bonchev–Trinajstić information content (AvgIpc) is 2.80. The Labute approximate surface area is 145 Å². The molecule has 0 aliphatic carbocycles. The molecule has 6 nitrogen and oxygen atoms in total. The van der Waals surface area contributed by atoms with E-state index in [9.17, 15) is 14.0 Å². The summed E-state index contributed by atoms with van der Waals surface area (Å²) in [6.07, 6.45) is 1.39. The van der Waals surface area contributed by atoms with Crippen LogP contribution in [0.15, 0.2) is 30.3 Å². The fourth-order valence-electron chi connectivity index (χ4n) is 2.21. The van der Waals surface area contributed by atoms with Crippen molar-refractivity contribution in [3.05, 3.63) is 53.1 Å². The number of rotatable bonds is 5. The number of benzene rings is 1. The van der Waals surface area contributed by atoms with Gasteiger partial charge in [-0.05, 0) is 32.9 Å². The highest BCUT2D eigenvalue weighted by atomic mass is 19.1. The standard InChI is InChI=1S/C18H20FN3O3/c1-11-17(12(2)22(4)21-11)20-18(24)13(3)25-16(23)10-9-14-7-5-6-8-15(14)19/h5-10,13H,1-4H3,(H,20,24)/b10-9+/t13-/m0/s1. The zero-order chi connectivity index (χ0) is 18.6. The average molecular weight is 345 g/mol. The molecule has 1 aromatic carbocycles. The smallest absolute Gasteiger partial charge is 0.331 e. The zero-order valence-electron chi connectivity index (χ0n) is 14.5. The Morgan fingerprint density at radius 3 is 2.60 bits per heavy atom. The van der Waals surface area contributed by atoms with Gasteiger partial charge >= 0.3 is 5.97 Å². The van der Waals surface area contributed by atoms with E-state index in [1.807, 2.05) is 6.92 Å². The first-order valence-corrected chi connectivity index (χ1v) is 7.74. The molecule has 132 valence electrons. The van der Waals surface area contributed by atoms with Crippen LogP contribution in [0.25, 0.3) is 6.08 Å². The molecule has 1 amide bonds. The number of esters is 1. The number of nitrogens with one attached hydrogen (secondary N) is 1. The molecule has 0 bridgehead atoms. The van der Waals surface area contributed by atoms with E-state index in [1.165, 1.54) is 25.1 Å². The molecule has 0 unspecified atom stereocenters. The summed E-state index contributed by atoms with van der Waals surface area (Å²) in [4.78, 5) is 24.0. The zero-order valence-corrected chi connectivity index (χ0v) is 14.5. The summed E-state index contributed by atoms with van der Waals surface area (Å²) in [5.41, 5.74) is 2.32. The molecule has 1 heterocycles. The molecule has 0 saturated heterocycles. The number of carbonyl (C=O) groups is 2. The van der Waals surface area contributed by atoms with Gasteiger partial charge < -0.3 is 10.1 Å². The van der Waals surface area contributed by atoms with Crippen LogP contribution in [0.3, 0.4) is 0 Å².